The molecular weight excluding hydrogens is 843 g/mol. The molecule has 14 nitrogen and oxygen atoms in total. The molecule has 3 amide bonds. The van der Waals surface area contributed by atoms with E-state index >= 15 is 0 Å². The van der Waals surface area contributed by atoms with Crippen LogP contribution in [0.5, 0.6) is 34.5 Å². The van der Waals surface area contributed by atoms with Crippen molar-refractivity contribution in [2.45, 2.75) is 65.7 Å². The largest absolute Gasteiger partial charge is 0.493 e. The number of carbonyl (C=O) groups excluding carboxylic acids is 4. The van der Waals surface area contributed by atoms with Gasteiger partial charge in [-0.15, -0.1) is 0 Å². The minimum atomic E-state index is -0.661. The quantitative estimate of drug-likeness (QED) is 0.122. The molecule has 0 bridgehead atoms. The summed E-state index contributed by atoms with van der Waals surface area (Å²) in [5.41, 5.74) is 2.92. The van der Waals surface area contributed by atoms with Gasteiger partial charge >= 0.3 is 0 Å². The average molecular weight is 901 g/mol. The molecule has 16 heteroatoms. The Morgan fingerprint density at radius 3 is 1.60 bits per heavy atom. The van der Waals surface area contributed by atoms with Crippen LogP contribution in [0.3, 0.4) is 0 Å². The summed E-state index contributed by atoms with van der Waals surface area (Å²) in [4.78, 5) is 50.6. The number of methoxy groups -OCH3 is 2. The summed E-state index contributed by atoms with van der Waals surface area (Å²) in [7, 11) is 3.06. The molecule has 0 unspecified atom stereocenters. The Morgan fingerprint density at radius 2 is 1.15 bits per heavy atom. The Kier molecular flexibility index (Phi) is 21.3. The lowest BCUT2D eigenvalue weighted by molar-refractivity contribution is -0.136. The van der Waals surface area contributed by atoms with Crippen LogP contribution in [0.4, 0.5) is 14.5 Å². The van der Waals surface area contributed by atoms with E-state index in [1.165, 1.54) is 45.4 Å². The van der Waals surface area contributed by atoms with Crippen LogP contribution in [0, 0.1) is 23.0 Å². The number of benzene rings is 4. The highest BCUT2D eigenvalue weighted by Gasteiger charge is 2.31. The number of carbonyl (C=O) groups is 4. The summed E-state index contributed by atoms with van der Waals surface area (Å²) in [6.45, 7) is 11.5. The number of nitriles is 1. The minimum absolute atomic E-state index is 0.00890. The van der Waals surface area contributed by atoms with Crippen molar-refractivity contribution in [2.75, 3.05) is 71.7 Å². The predicted molar refractivity (Wildman–Crippen MR) is 240 cm³/mol. The van der Waals surface area contributed by atoms with Gasteiger partial charge in [-0.2, -0.15) is 5.26 Å². The number of imide groups is 1. The van der Waals surface area contributed by atoms with Crippen molar-refractivity contribution in [1.82, 2.24) is 10.2 Å². The molecule has 1 N–H and O–H groups in total. The molecule has 3 aliphatic heterocycles. The Hall–Kier alpha value is -6.41. The summed E-state index contributed by atoms with van der Waals surface area (Å²) in [5.74, 6) is -0.125. The molecule has 3 heterocycles. The van der Waals surface area contributed by atoms with Crippen LogP contribution in [0.1, 0.15) is 63.1 Å². The Bertz CT molecular complexity index is 2230. The first kappa shape index (κ1) is 51.2. The van der Waals surface area contributed by atoms with Gasteiger partial charge in [0.25, 0.3) is 0 Å². The maximum absolute atomic E-state index is 14.6. The van der Waals surface area contributed by atoms with E-state index in [0.717, 1.165) is 61.2 Å². The number of Topliss-reactive ketones (excluding diaryl/α,β-unsaturated/α-hetero) is 1. The third kappa shape index (κ3) is 16.0. The van der Waals surface area contributed by atoms with E-state index in [4.69, 9.17) is 33.7 Å². The van der Waals surface area contributed by atoms with E-state index in [1.54, 1.807) is 29.2 Å². The fraction of sp³-hybridized carbons (Fsp3) is 0.408. The van der Waals surface area contributed by atoms with Gasteiger partial charge in [0.1, 0.15) is 5.78 Å². The number of nitrogens with one attached hydrogen (secondary N) is 1. The molecule has 348 valence electrons. The van der Waals surface area contributed by atoms with Crippen molar-refractivity contribution >= 4 is 29.2 Å². The third-order valence-electron chi connectivity index (χ3n) is 10.2. The zero-order valence-electron chi connectivity index (χ0n) is 37.7. The highest BCUT2D eigenvalue weighted by Crippen LogP contribution is 2.36. The van der Waals surface area contributed by atoms with Crippen LogP contribution < -0.4 is 29.2 Å². The Balaban J connectivity index is 0.000000242. The molecule has 0 saturated carbocycles. The summed E-state index contributed by atoms with van der Waals surface area (Å²) < 4.78 is 61.1. The topological polar surface area (TPSA) is 166 Å². The maximum Gasteiger partial charge on any atom is 0.234 e. The molecule has 0 radical (unpaired) electrons. The number of nitrogens with zero attached hydrogens (tertiary/aromatic N) is 3. The summed E-state index contributed by atoms with van der Waals surface area (Å²) >= 11 is 0. The number of ether oxygens (including phenoxy) is 6. The van der Waals surface area contributed by atoms with Crippen LogP contribution in [0.2, 0.25) is 0 Å². The molecule has 3 fully saturated rings. The van der Waals surface area contributed by atoms with Crippen LogP contribution in [-0.4, -0.2) is 95.2 Å². The first-order valence-electron chi connectivity index (χ1n) is 21.5. The van der Waals surface area contributed by atoms with Crippen molar-refractivity contribution in [3.05, 3.63) is 101 Å². The van der Waals surface area contributed by atoms with Crippen molar-refractivity contribution < 1.29 is 56.4 Å². The zero-order chi connectivity index (χ0) is 47.1. The van der Waals surface area contributed by atoms with Gasteiger partial charge in [-0.05, 0) is 78.1 Å². The molecule has 3 aliphatic rings. The van der Waals surface area contributed by atoms with Crippen molar-refractivity contribution in [1.29, 1.82) is 5.26 Å². The lowest BCUT2D eigenvalue weighted by Gasteiger charge is -2.26. The fourth-order valence-electron chi connectivity index (χ4n) is 6.63. The SMILES string of the molecule is C1COCCN1.CC#N.CCc1ccc(Oc2ccc(CC(=O)CCC(=O)N3CCOCC3)cc2F)c(OC)c1.CCc1ccc(Oc2ccc(N3C(=O)CCC3=O)cc2F)c(OC)c1. The number of morpholine rings is 2. The molecule has 0 spiro atoms. The van der Waals surface area contributed by atoms with Gasteiger partial charge in [0, 0.05) is 71.3 Å². The smallest absolute Gasteiger partial charge is 0.234 e. The number of halogens is 2. The number of anilines is 1. The molecule has 65 heavy (non-hydrogen) atoms. The van der Waals surface area contributed by atoms with E-state index in [0.29, 0.717) is 54.9 Å². The normalized spacial score (nSPS) is 14.3. The number of hydrogen-bond acceptors (Lipinski definition) is 12. The monoisotopic (exact) mass is 900 g/mol. The standard InChI is InChI=1S/C24H28FNO5.C19H18FNO4.C4H9NO.C2H3N/c1-3-17-4-8-22(23(16-17)29-2)31-21-7-5-18(15-20(21)25)14-19(27)6-9-24(28)26-10-12-30-13-11-26;1-3-12-4-6-16(17(10-12)24-2)25-15-7-5-13(11-14(15)20)21-18(22)8-9-19(21)23;1-3-6-4-2-5-1;1-2-3/h4-5,7-8,15-16H,3,6,9-14H2,1-2H3;4-7,10-11H,3,8-9H2,1-2H3;5H,1-4H2;1H3. The average Bonchev–Trinajstić information content (AvgIpc) is 3.67. The summed E-state index contributed by atoms with van der Waals surface area (Å²) in [6.07, 6.45) is 2.37. The first-order chi connectivity index (χ1) is 31.4. The molecule has 0 atom stereocenters. The molecule has 4 aromatic carbocycles. The Labute approximate surface area is 379 Å². The third-order valence-corrected chi connectivity index (χ3v) is 10.2. The minimum Gasteiger partial charge on any atom is -0.493 e. The van der Waals surface area contributed by atoms with Gasteiger partial charge in [0.2, 0.25) is 17.7 Å². The van der Waals surface area contributed by atoms with Gasteiger partial charge in [-0.25, -0.2) is 8.78 Å². The molecule has 4 aromatic rings. The zero-order valence-corrected chi connectivity index (χ0v) is 37.7. The van der Waals surface area contributed by atoms with E-state index < -0.39 is 11.6 Å². The number of amides is 3. The van der Waals surface area contributed by atoms with E-state index in [2.05, 4.69) is 5.32 Å². The molecule has 0 aromatic heterocycles. The summed E-state index contributed by atoms with van der Waals surface area (Å²) in [6, 6.07) is 21.2. The van der Waals surface area contributed by atoms with Crippen LogP contribution in [0.15, 0.2) is 72.8 Å². The number of hydrogen-bond donors (Lipinski definition) is 1. The molecule has 0 aliphatic carbocycles. The lowest BCUT2D eigenvalue weighted by Crippen LogP contribution is -2.40. The van der Waals surface area contributed by atoms with Crippen LogP contribution >= 0.6 is 0 Å². The maximum atomic E-state index is 14.6. The second-order valence-corrected chi connectivity index (χ2v) is 14.7. The van der Waals surface area contributed by atoms with E-state index in [9.17, 15) is 28.0 Å². The second kappa shape index (κ2) is 27.0. The molecule has 7 rings (SSSR count). The lowest BCUT2D eigenvalue weighted by atomic mass is 10.0. The highest BCUT2D eigenvalue weighted by atomic mass is 19.1. The van der Waals surface area contributed by atoms with Gasteiger partial charge in [0.15, 0.2) is 46.1 Å². The van der Waals surface area contributed by atoms with Crippen molar-refractivity contribution in [3.8, 4) is 40.6 Å². The predicted octanol–water partition coefficient (Wildman–Crippen LogP) is 7.92. The molecular formula is C49H58F2N4O10. The first-order valence-corrected chi connectivity index (χ1v) is 21.5. The van der Waals surface area contributed by atoms with Crippen molar-refractivity contribution in [3.63, 3.8) is 0 Å². The van der Waals surface area contributed by atoms with Crippen molar-refractivity contribution in [2.24, 2.45) is 0 Å². The highest BCUT2D eigenvalue weighted by molar-refractivity contribution is 6.19. The van der Waals surface area contributed by atoms with Gasteiger partial charge in [0.05, 0.1) is 52.4 Å². The summed E-state index contributed by atoms with van der Waals surface area (Å²) in [5, 5.41) is 10.5. The van der Waals surface area contributed by atoms with Gasteiger partial charge in [-0.1, -0.05) is 32.0 Å². The van der Waals surface area contributed by atoms with Gasteiger partial charge in [-0.3, -0.25) is 24.1 Å². The number of rotatable bonds is 14. The van der Waals surface area contributed by atoms with E-state index in [-0.39, 0.29) is 72.8 Å². The van der Waals surface area contributed by atoms with Crippen LogP contribution in [-0.2, 0) is 47.9 Å². The Morgan fingerprint density at radius 1 is 0.677 bits per heavy atom. The number of ketones is 1. The van der Waals surface area contributed by atoms with Gasteiger partial charge < -0.3 is 38.6 Å². The van der Waals surface area contributed by atoms with Crippen LogP contribution in [0.25, 0.3) is 0 Å². The van der Waals surface area contributed by atoms with E-state index in [1.807, 2.05) is 38.1 Å². The fourth-order valence-corrected chi connectivity index (χ4v) is 6.63. The second-order valence-electron chi connectivity index (χ2n) is 14.7. The number of aryl methyl sites for hydroxylation is 2. The molecule has 3 saturated heterocycles.